The molecular weight excluding hydrogens is 462 g/mol. The lowest BCUT2D eigenvalue weighted by Crippen LogP contribution is -2.51. The predicted octanol–water partition coefficient (Wildman–Crippen LogP) is 4.27. The number of hydrogen-bond donors (Lipinski definition) is 3. The summed E-state index contributed by atoms with van der Waals surface area (Å²) in [4.78, 5) is 25.5. The van der Waals surface area contributed by atoms with E-state index in [1.807, 2.05) is 74.5 Å². The lowest BCUT2D eigenvalue weighted by Gasteiger charge is -2.22. The fourth-order valence-electron chi connectivity index (χ4n) is 4.31. The van der Waals surface area contributed by atoms with Crippen molar-refractivity contribution in [3.8, 4) is 5.75 Å². The van der Waals surface area contributed by atoms with Gasteiger partial charge in [0.2, 0.25) is 11.8 Å². The summed E-state index contributed by atoms with van der Waals surface area (Å²) in [6, 6.07) is 23.2. The van der Waals surface area contributed by atoms with Crippen LogP contribution in [-0.4, -0.2) is 37.5 Å². The van der Waals surface area contributed by atoms with Gasteiger partial charge in [0, 0.05) is 6.54 Å². The molecule has 0 radical (unpaired) electrons. The third-order valence-electron chi connectivity index (χ3n) is 6.53. The van der Waals surface area contributed by atoms with Crippen LogP contribution in [0, 0.1) is 13.8 Å². The van der Waals surface area contributed by atoms with E-state index in [2.05, 4.69) is 28.1 Å². The SMILES string of the molecule is CNC(Cc1c(C)cc(OCc2ccccc2)cc1C)C(=O)N[C@H](C)C(=O)NCCCc1ccccc1. The van der Waals surface area contributed by atoms with Gasteiger partial charge in [-0.3, -0.25) is 9.59 Å². The van der Waals surface area contributed by atoms with Gasteiger partial charge in [0.15, 0.2) is 0 Å². The third-order valence-corrected chi connectivity index (χ3v) is 6.53. The molecule has 0 aliphatic carbocycles. The van der Waals surface area contributed by atoms with Gasteiger partial charge in [-0.2, -0.15) is 0 Å². The molecule has 3 N–H and O–H groups in total. The Hall–Kier alpha value is -3.64. The van der Waals surface area contributed by atoms with Crippen LogP contribution in [0.25, 0.3) is 0 Å². The molecule has 6 heteroatoms. The smallest absolute Gasteiger partial charge is 0.242 e. The highest BCUT2D eigenvalue weighted by atomic mass is 16.5. The first-order valence-corrected chi connectivity index (χ1v) is 12.9. The lowest BCUT2D eigenvalue weighted by molar-refractivity contribution is -0.129. The van der Waals surface area contributed by atoms with Crippen molar-refractivity contribution in [1.29, 1.82) is 0 Å². The third kappa shape index (κ3) is 8.76. The van der Waals surface area contributed by atoms with E-state index in [1.165, 1.54) is 5.56 Å². The van der Waals surface area contributed by atoms with Gasteiger partial charge in [0.05, 0.1) is 6.04 Å². The molecule has 0 aliphatic rings. The van der Waals surface area contributed by atoms with Gasteiger partial charge >= 0.3 is 0 Å². The van der Waals surface area contributed by atoms with Crippen LogP contribution in [0.15, 0.2) is 72.8 Å². The van der Waals surface area contributed by atoms with E-state index >= 15 is 0 Å². The summed E-state index contributed by atoms with van der Waals surface area (Å²) in [5.41, 5.74) is 5.60. The molecule has 0 spiro atoms. The van der Waals surface area contributed by atoms with Crippen LogP contribution in [0.3, 0.4) is 0 Å². The molecule has 0 aromatic heterocycles. The van der Waals surface area contributed by atoms with Gasteiger partial charge in [0.1, 0.15) is 18.4 Å². The molecular formula is C31H39N3O3. The van der Waals surface area contributed by atoms with Gasteiger partial charge in [-0.05, 0) is 87.0 Å². The summed E-state index contributed by atoms with van der Waals surface area (Å²) in [5, 5.41) is 8.89. The second kappa shape index (κ2) is 14.2. The van der Waals surface area contributed by atoms with Gasteiger partial charge in [-0.25, -0.2) is 0 Å². The van der Waals surface area contributed by atoms with Crippen LogP contribution in [0.4, 0.5) is 0 Å². The van der Waals surface area contributed by atoms with Crippen molar-refractivity contribution in [2.75, 3.05) is 13.6 Å². The molecule has 1 unspecified atom stereocenters. The molecule has 0 aliphatic heterocycles. The zero-order chi connectivity index (χ0) is 26.6. The Morgan fingerprint density at radius 2 is 1.46 bits per heavy atom. The van der Waals surface area contributed by atoms with Crippen molar-refractivity contribution < 1.29 is 14.3 Å². The maximum absolute atomic E-state index is 13.0. The lowest BCUT2D eigenvalue weighted by atomic mass is 9.95. The van der Waals surface area contributed by atoms with Crippen molar-refractivity contribution in [1.82, 2.24) is 16.0 Å². The summed E-state index contributed by atoms with van der Waals surface area (Å²) < 4.78 is 5.99. The van der Waals surface area contributed by atoms with E-state index in [-0.39, 0.29) is 11.8 Å². The zero-order valence-electron chi connectivity index (χ0n) is 22.3. The molecule has 3 rings (SSSR count). The fourth-order valence-corrected chi connectivity index (χ4v) is 4.31. The Morgan fingerprint density at radius 1 is 0.865 bits per heavy atom. The summed E-state index contributed by atoms with van der Waals surface area (Å²) in [5.74, 6) is 0.437. The molecule has 3 aromatic rings. The van der Waals surface area contributed by atoms with E-state index in [9.17, 15) is 9.59 Å². The molecule has 0 heterocycles. The molecule has 2 amide bonds. The van der Waals surface area contributed by atoms with E-state index < -0.39 is 12.1 Å². The van der Waals surface area contributed by atoms with Crippen molar-refractivity contribution in [3.05, 3.63) is 101 Å². The minimum Gasteiger partial charge on any atom is -0.489 e. The molecule has 37 heavy (non-hydrogen) atoms. The minimum absolute atomic E-state index is 0.177. The van der Waals surface area contributed by atoms with Crippen LogP contribution < -0.4 is 20.7 Å². The van der Waals surface area contributed by atoms with Crippen molar-refractivity contribution in [2.24, 2.45) is 0 Å². The monoisotopic (exact) mass is 501 g/mol. The van der Waals surface area contributed by atoms with Crippen LogP contribution >= 0.6 is 0 Å². The fraction of sp³-hybridized carbons (Fsp3) is 0.355. The first-order valence-electron chi connectivity index (χ1n) is 12.9. The number of nitrogens with one attached hydrogen (secondary N) is 3. The molecule has 2 atom stereocenters. The van der Waals surface area contributed by atoms with Crippen LogP contribution in [0.1, 0.15) is 41.2 Å². The molecule has 3 aromatic carbocycles. The summed E-state index contributed by atoms with van der Waals surface area (Å²) in [7, 11) is 1.76. The zero-order valence-corrected chi connectivity index (χ0v) is 22.3. The second-order valence-electron chi connectivity index (χ2n) is 9.47. The Morgan fingerprint density at radius 3 is 2.05 bits per heavy atom. The highest BCUT2D eigenvalue weighted by molar-refractivity contribution is 5.89. The number of aryl methyl sites for hydroxylation is 3. The normalized spacial score (nSPS) is 12.4. The summed E-state index contributed by atoms with van der Waals surface area (Å²) >= 11 is 0. The van der Waals surface area contributed by atoms with Crippen LogP contribution in [0.2, 0.25) is 0 Å². The Balaban J connectivity index is 1.49. The van der Waals surface area contributed by atoms with Gasteiger partial charge < -0.3 is 20.7 Å². The molecule has 0 bridgehead atoms. The Bertz CT molecular complexity index is 1130. The van der Waals surface area contributed by atoms with Crippen molar-refractivity contribution in [2.45, 2.75) is 58.7 Å². The first kappa shape index (κ1) is 27.9. The van der Waals surface area contributed by atoms with E-state index in [1.54, 1.807) is 14.0 Å². The molecule has 0 saturated heterocycles. The first-order chi connectivity index (χ1) is 17.9. The van der Waals surface area contributed by atoms with Crippen molar-refractivity contribution >= 4 is 11.8 Å². The van der Waals surface area contributed by atoms with Crippen LogP contribution in [0.5, 0.6) is 5.75 Å². The van der Waals surface area contributed by atoms with E-state index in [0.717, 1.165) is 40.8 Å². The topological polar surface area (TPSA) is 79.5 Å². The number of carbonyl (C=O) groups excluding carboxylic acids is 2. The molecule has 0 saturated carbocycles. The highest BCUT2D eigenvalue weighted by Gasteiger charge is 2.23. The van der Waals surface area contributed by atoms with Gasteiger partial charge in [-0.1, -0.05) is 60.7 Å². The summed E-state index contributed by atoms with van der Waals surface area (Å²) in [6.07, 6.45) is 2.27. The minimum atomic E-state index is -0.615. The number of benzene rings is 3. The van der Waals surface area contributed by atoms with E-state index in [4.69, 9.17) is 4.74 Å². The van der Waals surface area contributed by atoms with Gasteiger partial charge in [0.25, 0.3) is 0 Å². The maximum Gasteiger partial charge on any atom is 0.242 e. The number of amides is 2. The number of carbonyl (C=O) groups is 2. The Labute approximate surface area is 220 Å². The largest absolute Gasteiger partial charge is 0.489 e. The molecule has 196 valence electrons. The Kier molecular flexibility index (Phi) is 10.7. The van der Waals surface area contributed by atoms with Crippen LogP contribution in [-0.2, 0) is 29.0 Å². The highest BCUT2D eigenvalue weighted by Crippen LogP contribution is 2.24. The van der Waals surface area contributed by atoms with Gasteiger partial charge in [-0.15, -0.1) is 0 Å². The van der Waals surface area contributed by atoms with E-state index in [0.29, 0.717) is 19.6 Å². The summed E-state index contributed by atoms with van der Waals surface area (Å²) in [6.45, 7) is 6.86. The molecule has 6 nitrogen and oxygen atoms in total. The average Bonchev–Trinajstić information content (AvgIpc) is 2.90. The number of ether oxygens (including phenoxy) is 1. The van der Waals surface area contributed by atoms with Crippen molar-refractivity contribution in [3.63, 3.8) is 0 Å². The number of likely N-dealkylation sites (N-methyl/N-ethyl adjacent to an activating group) is 1. The predicted molar refractivity (Wildman–Crippen MR) is 149 cm³/mol. The molecule has 0 fully saturated rings. The maximum atomic E-state index is 13.0. The number of rotatable bonds is 13. The second-order valence-corrected chi connectivity index (χ2v) is 9.47. The average molecular weight is 502 g/mol. The number of hydrogen-bond acceptors (Lipinski definition) is 4. The quantitative estimate of drug-likeness (QED) is 0.306. The standard InChI is InChI=1S/C31H39N3O3/c1-22-18-27(37-21-26-14-9-6-10-15-26)19-23(2)28(22)20-29(32-4)31(36)34-24(3)30(35)33-17-11-16-25-12-7-5-8-13-25/h5-10,12-15,18-19,24,29,32H,11,16-17,20-21H2,1-4H3,(H,33,35)(H,34,36)/t24-,29?/m1/s1.